The topological polar surface area (TPSA) is 51.0 Å². The standard InChI is InChI=1S/C12H12F3N3O/c1-7-5-17-11(19-7)8(2)18-10-4-3-9(6-16-10)12(13,14)15/h3-6,8H,1-2H3,(H,16,18). The lowest BCUT2D eigenvalue weighted by Crippen LogP contribution is -2.10. The van der Waals surface area contributed by atoms with E-state index in [0.29, 0.717) is 17.5 Å². The first-order valence-electron chi connectivity index (χ1n) is 5.58. The molecule has 2 heterocycles. The summed E-state index contributed by atoms with van der Waals surface area (Å²) in [6, 6.07) is 1.97. The fourth-order valence-corrected chi connectivity index (χ4v) is 1.50. The van der Waals surface area contributed by atoms with E-state index in [2.05, 4.69) is 15.3 Å². The molecule has 0 saturated heterocycles. The minimum atomic E-state index is -4.38. The molecular weight excluding hydrogens is 259 g/mol. The molecule has 0 aliphatic heterocycles. The number of nitrogens with zero attached hydrogens (tertiary/aromatic N) is 2. The molecular formula is C12H12F3N3O. The maximum atomic E-state index is 12.4. The van der Waals surface area contributed by atoms with E-state index in [1.807, 2.05) is 0 Å². The van der Waals surface area contributed by atoms with Gasteiger partial charge in [-0.05, 0) is 26.0 Å². The molecule has 19 heavy (non-hydrogen) atoms. The monoisotopic (exact) mass is 271 g/mol. The van der Waals surface area contributed by atoms with Crippen molar-refractivity contribution in [1.29, 1.82) is 0 Å². The van der Waals surface area contributed by atoms with Crippen LogP contribution in [-0.4, -0.2) is 9.97 Å². The van der Waals surface area contributed by atoms with E-state index in [1.165, 1.54) is 6.07 Å². The Morgan fingerprint density at radius 1 is 1.21 bits per heavy atom. The molecule has 0 bridgehead atoms. The number of pyridine rings is 1. The largest absolute Gasteiger partial charge is 0.444 e. The molecule has 2 aromatic rings. The first-order chi connectivity index (χ1) is 8.86. The van der Waals surface area contributed by atoms with Gasteiger partial charge in [-0.1, -0.05) is 0 Å². The second-order valence-electron chi connectivity index (χ2n) is 4.11. The number of nitrogens with one attached hydrogen (secondary N) is 1. The summed E-state index contributed by atoms with van der Waals surface area (Å²) in [5.41, 5.74) is -0.780. The quantitative estimate of drug-likeness (QED) is 0.927. The number of halogens is 3. The number of hydrogen-bond donors (Lipinski definition) is 1. The molecule has 4 nitrogen and oxygen atoms in total. The Balaban J connectivity index is 2.07. The molecule has 7 heteroatoms. The number of aryl methyl sites for hydroxylation is 1. The number of rotatable bonds is 3. The van der Waals surface area contributed by atoms with Crippen LogP contribution >= 0.6 is 0 Å². The van der Waals surface area contributed by atoms with Gasteiger partial charge in [0.15, 0.2) is 0 Å². The molecule has 0 saturated carbocycles. The average molecular weight is 271 g/mol. The molecule has 0 radical (unpaired) electrons. The van der Waals surface area contributed by atoms with Gasteiger partial charge in [0.25, 0.3) is 0 Å². The van der Waals surface area contributed by atoms with Crippen molar-refractivity contribution >= 4 is 5.82 Å². The number of hydrogen-bond acceptors (Lipinski definition) is 4. The lowest BCUT2D eigenvalue weighted by Gasteiger charge is -2.12. The average Bonchev–Trinajstić information content (AvgIpc) is 2.75. The van der Waals surface area contributed by atoms with Crippen LogP contribution in [0.4, 0.5) is 19.0 Å². The molecule has 0 aliphatic rings. The van der Waals surface area contributed by atoms with Gasteiger partial charge in [0.1, 0.15) is 17.6 Å². The maximum absolute atomic E-state index is 12.4. The fraction of sp³-hybridized carbons (Fsp3) is 0.333. The smallest absolute Gasteiger partial charge is 0.417 e. The predicted octanol–water partition coefficient (Wildman–Crippen LogP) is 3.57. The number of aromatic nitrogens is 2. The summed E-state index contributed by atoms with van der Waals surface area (Å²) in [5, 5.41) is 2.92. The van der Waals surface area contributed by atoms with Gasteiger partial charge in [-0.25, -0.2) is 9.97 Å². The number of anilines is 1. The fourth-order valence-electron chi connectivity index (χ4n) is 1.50. The van der Waals surface area contributed by atoms with Crippen LogP contribution in [0.25, 0.3) is 0 Å². The number of oxazole rings is 1. The molecule has 0 spiro atoms. The van der Waals surface area contributed by atoms with Gasteiger partial charge in [-0.15, -0.1) is 0 Å². The lowest BCUT2D eigenvalue weighted by atomic mass is 10.2. The Hall–Kier alpha value is -2.05. The van der Waals surface area contributed by atoms with Crippen molar-refractivity contribution in [3.8, 4) is 0 Å². The van der Waals surface area contributed by atoms with Gasteiger partial charge in [-0.2, -0.15) is 13.2 Å². The minimum Gasteiger partial charge on any atom is -0.444 e. The van der Waals surface area contributed by atoms with Crippen LogP contribution < -0.4 is 5.32 Å². The molecule has 1 unspecified atom stereocenters. The van der Waals surface area contributed by atoms with Gasteiger partial charge in [-0.3, -0.25) is 0 Å². The third-order valence-corrected chi connectivity index (χ3v) is 2.46. The Labute approximate surface area is 107 Å². The summed E-state index contributed by atoms with van der Waals surface area (Å²) in [6.45, 7) is 3.55. The van der Waals surface area contributed by atoms with Crippen molar-refractivity contribution in [2.45, 2.75) is 26.1 Å². The van der Waals surface area contributed by atoms with E-state index >= 15 is 0 Å². The van der Waals surface area contributed by atoms with E-state index in [1.54, 1.807) is 20.0 Å². The Morgan fingerprint density at radius 3 is 2.42 bits per heavy atom. The summed E-state index contributed by atoms with van der Waals surface area (Å²) in [4.78, 5) is 7.75. The molecule has 0 aromatic carbocycles. The van der Waals surface area contributed by atoms with Crippen molar-refractivity contribution < 1.29 is 17.6 Å². The van der Waals surface area contributed by atoms with Crippen LogP contribution in [0.5, 0.6) is 0 Å². The molecule has 2 rings (SSSR count). The van der Waals surface area contributed by atoms with Crippen LogP contribution in [0, 0.1) is 6.92 Å². The highest BCUT2D eigenvalue weighted by Crippen LogP contribution is 2.29. The van der Waals surface area contributed by atoms with E-state index in [4.69, 9.17) is 4.42 Å². The zero-order valence-electron chi connectivity index (χ0n) is 10.3. The molecule has 102 valence electrons. The summed E-state index contributed by atoms with van der Waals surface area (Å²) in [6.07, 6.45) is -2.01. The molecule has 1 N–H and O–H groups in total. The second-order valence-corrected chi connectivity index (χ2v) is 4.11. The van der Waals surface area contributed by atoms with E-state index in [-0.39, 0.29) is 6.04 Å². The highest BCUT2D eigenvalue weighted by atomic mass is 19.4. The van der Waals surface area contributed by atoms with Gasteiger partial charge in [0, 0.05) is 6.20 Å². The molecule has 0 aliphatic carbocycles. The summed E-state index contributed by atoms with van der Waals surface area (Å²) >= 11 is 0. The third-order valence-electron chi connectivity index (χ3n) is 2.46. The minimum absolute atomic E-state index is 0.280. The van der Waals surface area contributed by atoms with Gasteiger partial charge >= 0.3 is 6.18 Å². The molecule has 1 atom stereocenters. The summed E-state index contributed by atoms with van der Waals surface area (Å²) in [5.74, 6) is 1.46. The van der Waals surface area contributed by atoms with Crippen molar-refractivity contribution in [3.63, 3.8) is 0 Å². The zero-order chi connectivity index (χ0) is 14.0. The van der Waals surface area contributed by atoms with E-state index in [0.717, 1.165) is 12.3 Å². The molecule has 0 amide bonds. The van der Waals surface area contributed by atoms with Crippen LogP contribution in [-0.2, 0) is 6.18 Å². The predicted molar refractivity (Wildman–Crippen MR) is 62.5 cm³/mol. The lowest BCUT2D eigenvalue weighted by molar-refractivity contribution is -0.137. The SMILES string of the molecule is Cc1cnc(C(C)Nc2ccc(C(F)(F)F)cn2)o1. The van der Waals surface area contributed by atoms with E-state index in [9.17, 15) is 13.2 Å². The van der Waals surface area contributed by atoms with Gasteiger partial charge in [0.05, 0.1) is 11.8 Å². The van der Waals surface area contributed by atoms with Crippen molar-refractivity contribution in [2.24, 2.45) is 0 Å². The van der Waals surface area contributed by atoms with Crippen molar-refractivity contribution in [1.82, 2.24) is 9.97 Å². The zero-order valence-corrected chi connectivity index (χ0v) is 10.3. The third kappa shape index (κ3) is 3.24. The van der Waals surface area contributed by atoms with Crippen LogP contribution in [0.15, 0.2) is 28.9 Å². The summed E-state index contributed by atoms with van der Waals surface area (Å²) in [7, 11) is 0. The maximum Gasteiger partial charge on any atom is 0.417 e. The molecule has 0 fully saturated rings. The number of alkyl halides is 3. The Morgan fingerprint density at radius 2 is 1.95 bits per heavy atom. The summed E-state index contributed by atoms with van der Waals surface area (Å²) < 4.78 is 42.4. The second kappa shape index (κ2) is 4.91. The first-order valence-corrected chi connectivity index (χ1v) is 5.58. The van der Waals surface area contributed by atoms with Crippen LogP contribution in [0.2, 0.25) is 0 Å². The Kier molecular flexibility index (Phi) is 3.46. The van der Waals surface area contributed by atoms with E-state index < -0.39 is 11.7 Å². The van der Waals surface area contributed by atoms with Crippen LogP contribution in [0.3, 0.4) is 0 Å². The highest BCUT2D eigenvalue weighted by molar-refractivity contribution is 5.37. The first kappa shape index (κ1) is 13.4. The van der Waals surface area contributed by atoms with Crippen LogP contribution in [0.1, 0.15) is 30.2 Å². The van der Waals surface area contributed by atoms with Crippen molar-refractivity contribution in [2.75, 3.05) is 5.32 Å². The van der Waals surface area contributed by atoms with Crippen molar-refractivity contribution in [3.05, 3.63) is 41.7 Å². The normalized spacial score (nSPS) is 13.3. The van der Waals surface area contributed by atoms with Gasteiger partial charge in [0.2, 0.25) is 5.89 Å². The highest BCUT2D eigenvalue weighted by Gasteiger charge is 2.30. The Bertz CT molecular complexity index is 548. The van der Waals surface area contributed by atoms with Gasteiger partial charge < -0.3 is 9.73 Å². The molecule has 2 aromatic heterocycles.